The lowest BCUT2D eigenvalue weighted by Crippen LogP contribution is -2.24. The molecule has 0 aliphatic carbocycles. The number of carbonyl (C=O) groups is 2. The van der Waals surface area contributed by atoms with E-state index >= 15 is 0 Å². The number of nitrogens with zero attached hydrogens (tertiary/aromatic N) is 2. The van der Waals surface area contributed by atoms with Gasteiger partial charge in [0.25, 0.3) is 5.56 Å². The van der Waals surface area contributed by atoms with E-state index in [0.717, 1.165) is 28.8 Å². The van der Waals surface area contributed by atoms with Crippen LogP contribution in [0, 0.1) is 6.92 Å². The Balaban J connectivity index is 1.44. The highest BCUT2D eigenvalue weighted by molar-refractivity contribution is 6.00. The van der Waals surface area contributed by atoms with Crippen molar-refractivity contribution in [3.05, 3.63) is 112 Å². The zero-order chi connectivity index (χ0) is 27.1. The average Bonchev–Trinajstić information content (AvgIpc) is 2.91. The molecule has 1 heterocycles. The number of benzene rings is 3. The standard InChI is InChI=1S/C30H30N4O4/c1-3-22(18-28(35)36)23-10-8-21(9-11-23)19-34-29(37)26(16-17-31-34)24-12-14-25(15-13-24)32-30(38)33-27-7-5-4-6-20(27)2/h4-17,22H,3,18-19H2,1-2H3,(H,35,36)(H2,32,33,38)/t22-/m0/s1. The summed E-state index contributed by atoms with van der Waals surface area (Å²) in [5, 5.41) is 19.0. The monoisotopic (exact) mass is 510 g/mol. The Morgan fingerprint density at radius 2 is 1.66 bits per heavy atom. The van der Waals surface area contributed by atoms with Gasteiger partial charge >= 0.3 is 12.0 Å². The molecular formula is C30H30N4O4. The second kappa shape index (κ2) is 12.0. The molecule has 4 aromatic rings. The largest absolute Gasteiger partial charge is 0.481 e. The molecule has 0 saturated carbocycles. The highest BCUT2D eigenvalue weighted by Crippen LogP contribution is 2.24. The van der Waals surface area contributed by atoms with Crippen molar-refractivity contribution in [3.8, 4) is 11.1 Å². The van der Waals surface area contributed by atoms with Crippen LogP contribution < -0.4 is 16.2 Å². The Labute approximate surface area is 221 Å². The SMILES string of the molecule is CC[C@@H](CC(=O)O)c1ccc(Cn2nccc(-c3ccc(NC(=O)Nc4ccccc4C)cc3)c2=O)cc1. The van der Waals surface area contributed by atoms with E-state index in [1.165, 1.54) is 4.68 Å². The zero-order valence-electron chi connectivity index (χ0n) is 21.3. The van der Waals surface area contributed by atoms with Gasteiger partial charge in [-0.1, -0.05) is 61.5 Å². The average molecular weight is 511 g/mol. The number of hydrogen-bond acceptors (Lipinski definition) is 4. The Morgan fingerprint density at radius 1 is 0.947 bits per heavy atom. The molecule has 38 heavy (non-hydrogen) atoms. The van der Waals surface area contributed by atoms with Gasteiger partial charge in [-0.2, -0.15) is 5.10 Å². The zero-order valence-corrected chi connectivity index (χ0v) is 21.3. The van der Waals surface area contributed by atoms with Crippen LogP contribution in [0.5, 0.6) is 0 Å². The van der Waals surface area contributed by atoms with Crippen molar-refractivity contribution in [1.29, 1.82) is 0 Å². The van der Waals surface area contributed by atoms with E-state index in [0.29, 0.717) is 23.4 Å². The fourth-order valence-electron chi connectivity index (χ4n) is 4.29. The van der Waals surface area contributed by atoms with Gasteiger partial charge in [-0.05, 0) is 65.8 Å². The molecule has 1 aromatic heterocycles. The highest BCUT2D eigenvalue weighted by Gasteiger charge is 2.14. The third-order valence-electron chi connectivity index (χ3n) is 6.46. The van der Waals surface area contributed by atoms with Crippen molar-refractivity contribution in [2.24, 2.45) is 0 Å². The quantitative estimate of drug-likeness (QED) is 0.260. The molecule has 3 N–H and O–H groups in total. The van der Waals surface area contributed by atoms with Gasteiger partial charge in [0.15, 0.2) is 0 Å². The molecule has 194 valence electrons. The molecule has 8 nitrogen and oxygen atoms in total. The predicted molar refractivity (Wildman–Crippen MR) is 149 cm³/mol. The van der Waals surface area contributed by atoms with Crippen LogP contribution in [0.25, 0.3) is 11.1 Å². The summed E-state index contributed by atoms with van der Waals surface area (Å²) in [5.41, 5.74) is 5.14. The van der Waals surface area contributed by atoms with E-state index in [1.54, 1.807) is 36.5 Å². The van der Waals surface area contributed by atoms with E-state index in [-0.39, 0.29) is 23.9 Å². The maximum Gasteiger partial charge on any atom is 0.323 e. The van der Waals surface area contributed by atoms with Crippen LogP contribution in [0.1, 0.15) is 42.4 Å². The summed E-state index contributed by atoms with van der Waals surface area (Å²) >= 11 is 0. The van der Waals surface area contributed by atoms with Gasteiger partial charge in [-0.3, -0.25) is 9.59 Å². The molecule has 2 amide bonds. The number of nitrogens with one attached hydrogen (secondary N) is 2. The van der Waals surface area contributed by atoms with E-state index in [9.17, 15) is 14.4 Å². The van der Waals surface area contributed by atoms with Crippen molar-refractivity contribution in [3.63, 3.8) is 0 Å². The number of aliphatic carboxylic acids is 1. The Hall–Kier alpha value is -4.72. The predicted octanol–water partition coefficient (Wildman–Crippen LogP) is 5.88. The van der Waals surface area contributed by atoms with Crippen molar-refractivity contribution < 1.29 is 14.7 Å². The molecule has 0 aliphatic heterocycles. The van der Waals surface area contributed by atoms with Gasteiger partial charge in [-0.25, -0.2) is 9.48 Å². The van der Waals surface area contributed by atoms with Crippen LogP contribution >= 0.6 is 0 Å². The van der Waals surface area contributed by atoms with Gasteiger partial charge in [0.05, 0.1) is 18.5 Å². The van der Waals surface area contributed by atoms with E-state index in [2.05, 4.69) is 15.7 Å². The molecule has 0 unspecified atom stereocenters. The number of aryl methyl sites for hydroxylation is 1. The fourth-order valence-corrected chi connectivity index (χ4v) is 4.29. The first-order valence-corrected chi connectivity index (χ1v) is 12.4. The van der Waals surface area contributed by atoms with Gasteiger partial charge in [-0.15, -0.1) is 0 Å². The van der Waals surface area contributed by atoms with Gasteiger partial charge in [0, 0.05) is 17.6 Å². The minimum absolute atomic E-state index is 0.0447. The van der Waals surface area contributed by atoms with Crippen molar-refractivity contribution >= 4 is 23.4 Å². The molecule has 1 atom stereocenters. The van der Waals surface area contributed by atoms with E-state index in [4.69, 9.17) is 5.11 Å². The summed E-state index contributed by atoms with van der Waals surface area (Å²) in [7, 11) is 0. The number of amides is 2. The van der Waals surface area contributed by atoms with Crippen LogP contribution in [0.4, 0.5) is 16.2 Å². The number of anilines is 2. The lowest BCUT2D eigenvalue weighted by Gasteiger charge is -2.14. The van der Waals surface area contributed by atoms with Gasteiger partial charge in [0.1, 0.15) is 0 Å². The normalized spacial score (nSPS) is 11.5. The Bertz CT molecular complexity index is 1480. The Morgan fingerprint density at radius 3 is 2.32 bits per heavy atom. The number of aromatic nitrogens is 2. The van der Waals surface area contributed by atoms with E-state index < -0.39 is 5.97 Å². The molecule has 0 saturated heterocycles. The first-order valence-electron chi connectivity index (χ1n) is 12.4. The third kappa shape index (κ3) is 6.53. The number of hydrogen-bond donors (Lipinski definition) is 3. The first kappa shape index (κ1) is 26.3. The number of urea groups is 1. The summed E-state index contributed by atoms with van der Waals surface area (Å²) < 4.78 is 1.40. The number of carboxylic acid groups (broad SMARTS) is 1. The molecule has 3 aromatic carbocycles. The summed E-state index contributed by atoms with van der Waals surface area (Å²) in [4.78, 5) is 36.7. The maximum absolute atomic E-state index is 13.2. The molecular weight excluding hydrogens is 480 g/mol. The van der Waals surface area contributed by atoms with Crippen LogP contribution in [0.3, 0.4) is 0 Å². The lowest BCUT2D eigenvalue weighted by molar-refractivity contribution is -0.137. The van der Waals surface area contributed by atoms with Crippen molar-refractivity contribution in [1.82, 2.24) is 9.78 Å². The molecule has 0 fully saturated rings. The lowest BCUT2D eigenvalue weighted by atomic mass is 9.92. The smallest absolute Gasteiger partial charge is 0.323 e. The molecule has 0 spiro atoms. The van der Waals surface area contributed by atoms with Crippen LogP contribution in [-0.2, 0) is 11.3 Å². The number of rotatable bonds is 9. The molecule has 0 aliphatic rings. The summed E-state index contributed by atoms with van der Waals surface area (Å²) in [6.07, 6.45) is 2.41. The highest BCUT2D eigenvalue weighted by atomic mass is 16.4. The first-order chi connectivity index (χ1) is 18.3. The second-order valence-corrected chi connectivity index (χ2v) is 9.12. The molecule has 0 radical (unpaired) electrons. The summed E-state index contributed by atoms with van der Waals surface area (Å²) in [6, 6.07) is 23.6. The molecule has 8 heteroatoms. The molecule has 0 bridgehead atoms. The molecule has 4 rings (SSSR count). The fraction of sp³-hybridized carbons (Fsp3) is 0.200. The van der Waals surface area contributed by atoms with Crippen molar-refractivity contribution in [2.45, 2.75) is 39.2 Å². The van der Waals surface area contributed by atoms with Gasteiger partial charge < -0.3 is 15.7 Å². The van der Waals surface area contributed by atoms with Crippen LogP contribution in [0.15, 0.2) is 89.9 Å². The van der Waals surface area contributed by atoms with Crippen molar-refractivity contribution in [2.75, 3.05) is 10.6 Å². The van der Waals surface area contributed by atoms with Crippen LogP contribution in [-0.4, -0.2) is 26.9 Å². The summed E-state index contributed by atoms with van der Waals surface area (Å²) in [6.45, 7) is 4.19. The minimum Gasteiger partial charge on any atom is -0.481 e. The topological polar surface area (TPSA) is 113 Å². The maximum atomic E-state index is 13.2. The minimum atomic E-state index is -0.817. The van der Waals surface area contributed by atoms with Crippen LogP contribution in [0.2, 0.25) is 0 Å². The van der Waals surface area contributed by atoms with E-state index in [1.807, 2.05) is 62.4 Å². The number of carboxylic acids is 1. The third-order valence-corrected chi connectivity index (χ3v) is 6.46. The number of carbonyl (C=O) groups excluding carboxylic acids is 1. The Kier molecular flexibility index (Phi) is 8.33. The van der Waals surface area contributed by atoms with Gasteiger partial charge in [0.2, 0.25) is 0 Å². The second-order valence-electron chi connectivity index (χ2n) is 9.12. The number of para-hydroxylation sites is 1. The summed E-state index contributed by atoms with van der Waals surface area (Å²) in [5.74, 6) is -0.862.